The van der Waals surface area contributed by atoms with Gasteiger partial charge in [-0.2, -0.15) is 9.78 Å². The molecule has 36 heavy (non-hydrogen) atoms. The molecule has 0 unspecified atom stereocenters. The van der Waals surface area contributed by atoms with E-state index in [2.05, 4.69) is 15.1 Å². The van der Waals surface area contributed by atoms with Gasteiger partial charge in [-0.05, 0) is 42.0 Å². The third kappa shape index (κ3) is 3.37. The van der Waals surface area contributed by atoms with Crippen LogP contribution >= 0.6 is 0 Å². The monoisotopic (exact) mass is 477 g/mol. The highest BCUT2D eigenvalue weighted by molar-refractivity contribution is 6.21. The average Bonchev–Trinajstić information content (AvgIpc) is 3.40. The number of hydrogen-bond acceptors (Lipinski definition) is 6. The second-order valence-corrected chi connectivity index (χ2v) is 8.35. The molecule has 9 heteroatoms. The SMILES string of the molecule is COc1ccc(/C=N/n2cnc3c([nH]c4ccccc43)c2=O)cc1CN1C(=O)c2ccccc2C1=O. The minimum atomic E-state index is -0.346. The van der Waals surface area contributed by atoms with Gasteiger partial charge in [0, 0.05) is 16.5 Å². The lowest BCUT2D eigenvalue weighted by molar-refractivity contribution is 0.0641. The number of benzene rings is 3. The van der Waals surface area contributed by atoms with Crippen molar-refractivity contribution in [3.63, 3.8) is 0 Å². The predicted molar refractivity (Wildman–Crippen MR) is 134 cm³/mol. The van der Waals surface area contributed by atoms with E-state index >= 15 is 0 Å². The Morgan fingerprint density at radius 1 is 0.972 bits per heavy atom. The van der Waals surface area contributed by atoms with Crippen LogP contribution < -0.4 is 10.3 Å². The van der Waals surface area contributed by atoms with E-state index in [-0.39, 0.29) is 23.9 Å². The van der Waals surface area contributed by atoms with Crippen molar-refractivity contribution in [2.24, 2.45) is 5.10 Å². The van der Waals surface area contributed by atoms with Gasteiger partial charge in [0.25, 0.3) is 17.4 Å². The summed E-state index contributed by atoms with van der Waals surface area (Å²) in [6.07, 6.45) is 2.90. The number of imide groups is 1. The second kappa shape index (κ2) is 8.31. The fourth-order valence-corrected chi connectivity index (χ4v) is 4.46. The van der Waals surface area contributed by atoms with Crippen molar-refractivity contribution < 1.29 is 14.3 Å². The topological polar surface area (TPSA) is 110 Å². The number of H-pyrrole nitrogens is 1. The molecule has 0 atom stereocenters. The van der Waals surface area contributed by atoms with E-state index in [1.807, 2.05) is 24.3 Å². The maximum Gasteiger partial charge on any atom is 0.298 e. The number of carbonyl (C=O) groups is 2. The highest BCUT2D eigenvalue weighted by Gasteiger charge is 2.35. The standard InChI is InChI=1S/C27H19N5O4/c1-36-22-11-10-16(12-17(22)14-31-25(33)18-6-2-3-7-19(18)26(31)34)13-29-32-15-28-23-20-8-4-5-9-21(20)30-24(23)27(32)35/h2-13,15,30H,14H2,1H3/b29-13+. The molecule has 0 bridgehead atoms. The van der Waals surface area contributed by atoms with Crippen molar-refractivity contribution >= 4 is 40.0 Å². The van der Waals surface area contributed by atoms with E-state index in [9.17, 15) is 14.4 Å². The number of ether oxygens (including phenoxy) is 1. The maximum atomic E-state index is 13.0. The quantitative estimate of drug-likeness (QED) is 0.307. The molecule has 0 fully saturated rings. The zero-order valence-corrected chi connectivity index (χ0v) is 19.1. The second-order valence-electron chi connectivity index (χ2n) is 8.35. The lowest BCUT2D eigenvalue weighted by Gasteiger charge is -2.16. The lowest BCUT2D eigenvalue weighted by atomic mass is 10.1. The van der Waals surface area contributed by atoms with Gasteiger partial charge in [0.15, 0.2) is 0 Å². The van der Waals surface area contributed by atoms with Gasteiger partial charge in [-0.3, -0.25) is 19.3 Å². The zero-order chi connectivity index (χ0) is 24.8. The molecule has 2 aromatic heterocycles. The first-order valence-electron chi connectivity index (χ1n) is 11.2. The predicted octanol–water partition coefficient (Wildman–Crippen LogP) is 3.56. The molecular formula is C27H19N5O4. The molecule has 6 rings (SSSR count). The van der Waals surface area contributed by atoms with Crippen LogP contribution in [0.4, 0.5) is 0 Å². The van der Waals surface area contributed by atoms with Crippen molar-refractivity contribution in [3.05, 3.63) is 106 Å². The molecule has 9 nitrogen and oxygen atoms in total. The van der Waals surface area contributed by atoms with Gasteiger partial charge in [0.1, 0.15) is 23.1 Å². The number of amides is 2. The van der Waals surface area contributed by atoms with E-state index in [0.29, 0.717) is 39.0 Å². The summed E-state index contributed by atoms with van der Waals surface area (Å²) in [5, 5.41) is 5.16. The summed E-state index contributed by atoms with van der Waals surface area (Å²) in [5.74, 6) is -0.163. The van der Waals surface area contributed by atoms with Crippen LogP contribution in [0, 0.1) is 0 Å². The third-order valence-electron chi connectivity index (χ3n) is 6.24. The number of nitrogens with zero attached hydrogens (tertiary/aromatic N) is 4. The normalized spacial score (nSPS) is 13.3. The van der Waals surface area contributed by atoms with E-state index < -0.39 is 0 Å². The first-order chi connectivity index (χ1) is 17.5. The lowest BCUT2D eigenvalue weighted by Crippen LogP contribution is -2.29. The van der Waals surface area contributed by atoms with Crippen molar-refractivity contribution in [1.29, 1.82) is 0 Å². The van der Waals surface area contributed by atoms with Crippen LogP contribution in [-0.2, 0) is 6.54 Å². The Morgan fingerprint density at radius 3 is 2.44 bits per heavy atom. The first kappa shape index (κ1) is 21.5. The molecule has 0 aliphatic carbocycles. The number of hydrogen-bond donors (Lipinski definition) is 1. The number of aromatic amines is 1. The van der Waals surface area contributed by atoms with Crippen molar-refractivity contribution in [1.82, 2.24) is 19.5 Å². The molecule has 1 aliphatic heterocycles. The summed E-state index contributed by atoms with van der Waals surface area (Å²) >= 11 is 0. The van der Waals surface area contributed by atoms with Crippen LogP contribution in [0.5, 0.6) is 5.75 Å². The van der Waals surface area contributed by atoms with Gasteiger partial charge in [-0.1, -0.05) is 30.3 Å². The van der Waals surface area contributed by atoms with Crippen LogP contribution in [0.3, 0.4) is 0 Å². The summed E-state index contributed by atoms with van der Waals surface area (Å²) in [4.78, 5) is 47.3. The van der Waals surface area contributed by atoms with Gasteiger partial charge in [0.05, 0.1) is 31.0 Å². The molecule has 176 valence electrons. The highest BCUT2D eigenvalue weighted by Crippen LogP contribution is 2.28. The molecule has 0 saturated heterocycles. The van der Waals surface area contributed by atoms with Crippen LogP contribution in [0.15, 0.2) is 83.0 Å². The smallest absolute Gasteiger partial charge is 0.298 e. The summed E-state index contributed by atoms with van der Waals surface area (Å²) < 4.78 is 6.61. The number of carbonyl (C=O) groups excluding carboxylic acids is 2. The molecule has 1 aliphatic rings. The molecule has 3 aromatic carbocycles. The number of methoxy groups -OCH3 is 1. The maximum absolute atomic E-state index is 13.0. The first-order valence-corrected chi connectivity index (χ1v) is 11.2. The summed E-state index contributed by atoms with van der Waals surface area (Å²) in [5.41, 5.74) is 3.53. The zero-order valence-electron chi connectivity index (χ0n) is 19.1. The minimum absolute atomic E-state index is 0.0414. The Morgan fingerprint density at radius 2 is 1.69 bits per heavy atom. The van der Waals surface area contributed by atoms with Crippen molar-refractivity contribution in [2.75, 3.05) is 7.11 Å². The Kier molecular flexibility index (Phi) is 4.96. The number of rotatable bonds is 5. The van der Waals surface area contributed by atoms with Gasteiger partial charge >= 0.3 is 0 Å². The van der Waals surface area contributed by atoms with Crippen LogP contribution in [0.25, 0.3) is 21.9 Å². The third-order valence-corrected chi connectivity index (χ3v) is 6.24. The average molecular weight is 477 g/mol. The molecule has 0 radical (unpaired) electrons. The Balaban J connectivity index is 1.32. The minimum Gasteiger partial charge on any atom is -0.496 e. The number of nitrogens with one attached hydrogen (secondary N) is 1. The molecular weight excluding hydrogens is 458 g/mol. The number of para-hydroxylation sites is 1. The highest BCUT2D eigenvalue weighted by atomic mass is 16.5. The molecule has 0 saturated carbocycles. The molecule has 1 N–H and O–H groups in total. The van der Waals surface area contributed by atoms with Crippen LogP contribution in [0.1, 0.15) is 31.8 Å². The van der Waals surface area contributed by atoms with Gasteiger partial charge in [-0.25, -0.2) is 4.98 Å². The fourth-order valence-electron chi connectivity index (χ4n) is 4.46. The van der Waals surface area contributed by atoms with Gasteiger partial charge < -0.3 is 9.72 Å². The van der Waals surface area contributed by atoms with E-state index in [0.717, 1.165) is 15.6 Å². The Bertz CT molecular complexity index is 1750. The van der Waals surface area contributed by atoms with E-state index in [1.165, 1.54) is 24.6 Å². The number of aromatic nitrogens is 3. The van der Waals surface area contributed by atoms with Crippen LogP contribution in [-0.4, -0.2) is 44.7 Å². The Hall–Kier alpha value is -5.05. The van der Waals surface area contributed by atoms with Gasteiger partial charge in [-0.15, -0.1) is 0 Å². The molecule has 5 aromatic rings. The number of fused-ring (bicyclic) bond motifs is 4. The van der Waals surface area contributed by atoms with E-state index in [1.54, 1.807) is 42.5 Å². The van der Waals surface area contributed by atoms with Crippen molar-refractivity contribution in [2.45, 2.75) is 6.54 Å². The molecule has 2 amide bonds. The van der Waals surface area contributed by atoms with E-state index in [4.69, 9.17) is 4.74 Å². The largest absolute Gasteiger partial charge is 0.496 e. The summed E-state index contributed by atoms with van der Waals surface area (Å²) in [7, 11) is 1.52. The van der Waals surface area contributed by atoms with Crippen LogP contribution in [0.2, 0.25) is 0 Å². The van der Waals surface area contributed by atoms with Gasteiger partial charge in [0.2, 0.25) is 0 Å². The molecule has 3 heterocycles. The Labute approximate surface area is 204 Å². The summed E-state index contributed by atoms with van der Waals surface area (Å²) in [6.45, 7) is 0.0414. The summed E-state index contributed by atoms with van der Waals surface area (Å²) in [6, 6.07) is 19.6. The molecule has 0 spiro atoms. The van der Waals surface area contributed by atoms with Crippen molar-refractivity contribution in [3.8, 4) is 5.75 Å². The fraction of sp³-hybridized carbons (Fsp3) is 0.0741.